The van der Waals surface area contributed by atoms with Crippen LogP contribution < -0.4 is 10.1 Å². The van der Waals surface area contributed by atoms with Crippen molar-refractivity contribution in [1.82, 2.24) is 5.32 Å². The van der Waals surface area contributed by atoms with E-state index in [4.69, 9.17) is 27.9 Å². The van der Waals surface area contributed by atoms with Gasteiger partial charge < -0.3 is 10.1 Å². The van der Waals surface area contributed by atoms with Gasteiger partial charge in [0.1, 0.15) is 11.5 Å². The van der Waals surface area contributed by atoms with Gasteiger partial charge in [-0.25, -0.2) is 0 Å². The predicted molar refractivity (Wildman–Crippen MR) is 80.4 cm³/mol. The Labute approximate surface area is 123 Å². The van der Waals surface area contributed by atoms with E-state index in [1.54, 1.807) is 6.07 Å². The Morgan fingerprint density at radius 1 is 1.05 bits per heavy atom. The molecule has 0 spiro atoms. The van der Waals surface area contributed by atoms with E-state index < -0.39 is 0 Å². The first-order chi connectivity index (χ1) is 9.19. The maximum atomic E-state index is 6.02. The van der Waals surface area contributed by atoms with Crippen LogP contribution in [0.2, 0.25) is 10.0 Å². The van der Waals surface area contributed by atoms with Crippen LogP contribution in [0.25, 0.3) is 0 Å². The molecule has 0 aliphatic heterocycles. The van der Waals surface area contributed by atoms with Crippen LogP contribution in [0.5, 0.6) is 11.5 Å². The molecule has 0 radical (unpaired) electrons. The molecule has 1 N–H and O–H groups in total. The van der Waals surface area contributed by atoms with Crippen LogP contribution in [0.15, 0.2) is 42.5 Å². The molecule has 0 unspecified atom stereocenters. The SMILES string of the molecule is CCNCc1cc(Cl)ccc1Oc1cccc(Cl)c1. The van der Waals surface area contributed by atoms with Gasteiger partial charge in [-0.15, -0.1) is 0 Å². The molecule has 0 fully saturated rings. The van der Waals surface area contributed by atoms with Gasteiger partial charge in [0.2, 0.25) is 0 Å². The summed E-state index contributed by atoms with van der Waals surface area (Å²) in [5, 5.41) is 4.62. The van der Waals surface area contributed by atoms with E-state index in [9.17, 15) is 0 Å². The summed E-state index contributed by atoms with van der Waals surface area (Å²) >= 11 is 12.0. The van der Waals surface area contributed by atoms with Crippen LogP contribution in [-0.2, 0) is 6.54 Å². The highest BCUT2D eigenvalue weighted by Crippen LogP contribution is 2.29. The van der Waals surface area contributed by atoms with Crippen LogP contribution in [0.3, 0.4) is 0 Å². The predicted octanol–water partition coefficient (Wildman–Crippen LogP) is 4.90. The van der Waals surface area contributed by atoms with Crippen LogP contribution in [0, 0.1) is 0 Å². The Balaban J connectivity index is 2.23. The number of halogens is 2. The van der Waals surface area contributed by atoms with Crippen LogP contribution in [0.1, 0.15) is 12.5 Å². The van der Waals surface area contributed by atoms with Crippen molar-refractivity contribution in [3.05, 3.63) is 58.1 Å². The average Bonchev–Trinajstić information content (AvgIpc) is 2.39. The third-order valence-corrected chi connectivity index (χ3v) is 3.08. The molecule has 0 bridgehead atoms. The second-order valence-electron chi connectivity index (χ2n) is 4.09. The Morgan fingerprint density at radius 2 is 1.84 bits per heavy atom. The summed E-state index contributed by atoms with van der Waals surface area (Å²) in [4.78, 5) is 0. The van der Waals surface area contributed by atoms with Gasteiger partial charge in [-0.1, -0.05) is 36.2 Å². The van der Waals surface area contributed by atoms with E-state index in [1.807, 2.05) is 36.4 Å². The number of rotatable bonds is 5. The highest BCUT2D eigenvalue weighted by Gasteiger charge is 2.06. The lowest BCUT2D eigenvalue weighted by Gasteiger charge is -2.12. The second-order valence-corrected chi connectivity index (χ2v) is 4.96. The molecular formula is C15H15Cl2NO. The van der Waals surface area contributed by atoms with E-state index in [1.165, 1.54) is 0 Å². The molecule has 4 heteroatoms. The molecule has 0 aliphatic rings. The first-order valence-corrected chi connectivity index (χ1v) is 6.87. The molecule has 0 amide bonds. The van der Waals surface area contributed by atoms with E-state index in [-0.39, 0.29) is 0 Å². The summed E-state index contributed by atoms with van der Waals surface area (Å²) in [6, 6.07) is 12.9. The molecule has 19 heavy (non-hydrogen) atoms. The van der Waals surface area contributed by atoms with Crippen LogP contribution in [-0.4, -0.2) is 6.54 Å². The topological polar surface area (TPSA) is 21.3 Å². The molecule has 0 atom stereocenters. The molecule has 0 aliphatic carbocycles. The third kappa shape index (κ3) is 4.13. The summed E-state index contributed by atoms with van der Waals surface area (Å²) in [7, 11) is 0. The quantitative estimate of drug-likeness (QED) is 0.847. The molecule has 0 saturated heterocycles. The molecule has 0 aromatic heterocycles. The van der Waals surface area contributed by atoms with E-state index in [0.29, 0.717) is 22.3 Å². The average molecular weight is 296 g/mol. The van der Waals surface area contributed by atoms with Crippen molar-refractivity contribution in [2.24, 2.45) is 0 Å². The maximum absolute atomic E-state index is 6.02. The van der Waals surface area contributed by atoms with Crippen molar-refractivity contribution >= 4 is 23.2 Å². The fourth-order valence-electron chi connectivity index (χ4n) is 1.70. The lowest BCUT2D eigenvalue weighted by atomic mass is 10.2. The zero-order valence-corrected chi connectivity index (χ0v) is 12.1. The molecule has 2 aromatic rings. The summed E-state index contributed by atoms with van der Waals surface area (Å²) in [6.07, 6.45) is 0. The van der Waals surface area contributed by atoms with Crippen molar-refractivity contribution in [3.8, 4) is 11.5 Å². The fourth-order valence-corrected chi connectivity index (χ4v) is 2.08. The Hall–Kier alpha value is -1.22. The van der Waals surface area contributed by atoms with Gasteiger partial charge in [0, 0.05) is 22.2 Å². The maximum Gasteiger partial charge on any atom is 0.132 e. The molecule has 100 valence electrons. The van der Waals surface area contributed by atoms with E-state index in [2.05, 4.69) is 12.2 Å². The Morgan fingerprint density at radius 3 is 2.58 bits per heavy atom. The van der Waals surface area contributed by atoms with Crippen molar-refractivity contribution < 1.29 is 4.74 Å². The second kappa shape index (κ2) is 6.80. The summed E-state index contributed by atoms with van der Waals surface area (Å²) in [5.74, 6) is 1.50. The number of hydrogen-bond donors (Lipinski definition) is 1. The van der Waals surface area contributed by atoms with Gasteiger partial charge in [0.05, 0.1) is 0 Å². The number of ether oxygens (including phenoxy) is 1. The van der Waals surface area contributed by atoms with Gasteiger partial charge in [-0.05, 0) is 42.9 Å². The Kier molecular flexibility index (Phi) is 5.08. The van der Waals surface area contributed by atoms with Crippen molar-refractivity contribution in [2.75, 3.05) is 6.54 Å². The lowest BCUT2D eigenvalue weighted by molar-refractivity contribution is 0.473. The zero-order valence-electron chi connectivity index (χ0n) is 10.6. The molecule has 0 heterocycles. The van der Waals surface area contributed by atoms with E-state index in [0.717, 1.165) is 17.9 Å². The summed E-state index contributed by atoms with van der Waals surface area (Å²) in [5.41, 5.74) is 1.02. The minimum Gasteiger partial charge on any atom is -0.457 e. The van der Waals surface area contributed by atoms with Crippen LogP contribution >= 0.6 is 23.2 Å². The molecule has 2 aromatic carbocycles. The molecule has 2 nitrogen and oxygen atoms in total. The van der Waals surface area contributed by atoms with Gasteiger partial charge >= 0.3 is 0 Å². The summed E-state index contributed by atoms with van der Waals surface area (Å²) < 4.78 is 5.86. The van der Waals surface area contributed by atoms with Crippen molar-refractivity contribution in [2.45, 2.75) is 13.5 Å². The third-order valence-electron chi connectivity index (χ3n) is 2.61. The first-order valence-electron chi connectivity index (χ1n) is 6.11. The van der Waals surface area contributed by atoms with E-state index >= 15 is 0 Å². The molecular weight excluding hydrogens is 281 g/mol. The zero-order chi connectivity index (χ0) is 13.7. The Bertz CT molecular complexity index is 558. The van der Waals surface area contributed by atoms with Gasteiger partial charge in [-0.3, -0.25) is 0 Å². The largest absolute Gasteiger partial charge is 0.457 e. The monoisotopic (exact) mass is 295 g/mol. The smallest absolute Gasteiger partial charge is 0.132 e. The summed E-state index contributed by atoms with van der Waals surface area (Å²) in [6.45, 7) is 3.66. The highest BCUT2D eigenvalue weighted by atomic mass is 35.5. The minimum absolute atomic E-state index is 0.652. The number of nitrogens with one attached hydrogen (secondary N) is 1. The number of hydrogen-bond acceptors (Lipinski definition) is 2. The molecule has 2 rings (SSSR count). The van der Waals surface area contributed by atoms with Gasteiger partial charge in [-0.2, -0.15) is 0 Å². The van der Waals surface area contributed by atoms with Gasteiger partial charge in [0.15, 0.2) is 0 Å². The lowest BCUT2D eigenvalue weighted by Crippen LogP contribution is -2.12. The van der Waals surface area contributed by atoms with Crippen molar-refractivity contribution in [1.29, 1.82) is 0 Å². The van der Waals surface area contributed by atoms with Crippen molar-refractivity contribution in [3.63, 3.8) is 0 Å². The fraction of sp³-hybridized carbons (Fsp3) is 0.200. The molecule has 0 saturated carbocycles. The normalized spacial score (nSPS) is 10.5. The number of benzene rings is 2. The standard InChI is InChI=1S/C15H15Cl2NO/c1-2-18-10-11-8-13(17)6-7-15(11)19-14-5-3-4-12(16)9-14/h3-9,18H,2,10H2,1H3. The highest BCUT2D eigenvalue weighted by molar-refractivity contribution is 6.31. The van der Waals surface area contributed by atoms with Gasteiger partial charge in [0.25, 0.3) is 0 Å². The minimum atomic E-state index is 0.652. The van der Waals surface area contributed by atoms with Crippen LogP contribution in [0.4, 0.5) is 0 Å². The first kappa shape index (κ1) is 14.2.